The molecule has 6 nitrogen and oxygen atoms in total. The molecule has 0 aliphatic carbocycles. The maximum absolute atomic E-state index is 11.9. The van der Waals surface area contributed by atoms with E-state index in [0.29, 0.717) is 0 Å². The van der Waals surface area contributed by atoms with E-state index in [9.17, 15) is 14.4 Å². The summed E-state index contributed by atoms with van der Waals surface area (Å²) >= 11 is 3.37. The molecule has 3 N–H and O–H groups in total. The first-order chi connectivity index (χ1) is 9.45. The lowest BCUT2D eigenvalue weighted by molar-refractivity contribution is -0.126. The zero-order valence-electron chi connectivity index (χ0n) is 10.8. The van der Waals surface area contributed by atoms with Crippen LogP contribution < -0.4 is 16.0 Å². The average Bonchev–Trinajstić information content (AvgIpc) is 2.67. The lowest BCUT2D eigenvalue weighted by Gasteiger charge is -2.15. The molecule has 106 valence electrons. The summed E-state index contributed by atoms with van der Waals surface area (Å²) in [5, 5.41) is 7.27. The molecule has 0 saturated carbocycles. The molecule has 1 fully saturated rings. The van der Waals surface area contributed by atoms with Gasteiger partial charge in [0.05, 0.1) is 12.5 Å². The van der Waals surface area contributed by atoms with Crippen molar-refractivity contribution in [1.29, 1.82) is 0 Å². The molecule has 1 heterocycles. The molecule has 0 bridgehead atoms. The monoisotopic (exact) mass is 339 g/mol. The van der Waals surface area contributed by atoms with Crippen molar-refractivity contribution in [1.82, 2.24) is 16.0 Å². The molecule has 1 aromatic rings. The minimum Gasteiger partial charge on any atom is -0.350 e. The molecule has 0 aromatic heterocycles. The van der Waals surface area contributed by atoms with E-state index in [0.717, 1.165) is 10.0 Å². The Kier molecular flexibility index (Phi) is 4.39. The lowest BCUT2D eigenvalue weighted by Crippen LogP contribution is -2.37. The maximum atomic E-state index is 11.9. The van der Waals surface area contributed by atoms with Crippen LogP contribution in [0.2, 0.25) is 0 Å². The highest BCUT2D eigenvalue weighted by Gasteiger charge is 2.31. The number of nitrogens with one attached hydrogen (secondary N) is 3. The number of halogens is 1. The van der Waals surface area contributed by atoms with Gasteiger partial charge in [0.2, 0.25) is 5.91 Å². The van der Waals surface area contributed by atoms with Gasteiger partial charge >= 0.3 is 6.03 Å². The van der Waals surface area contributed by atoms with E-state index in [1.807, 2.05) is 31.2 Å². The van der Waals surface area contributed by atoms with E-state index in [2.05, 4.69) is 31.9 Å². The number of carbonyl (C=O) groups excluding carboxylic acids is 3. The Morgan fingerprint density at radius 2 is 2.20 bits per heavy atom. The average molecular weight is 340 g/mol. The lowest BCUT2D eigenvalue weighted by atomic mass is 10.1. The second-order valence-electron chi connectivity index (χ2n) is 4.56. The first-order valence-electron chi connectivity index (χ1n) is 6.12. The fraction of sp³-hybridized carbons (Fsp3) is 0.308. The number of hydrogen-bond acceptors (Lipinski definition) is 3. The number of rotatable bonds is 4. The van der Waals surface area contributed by atoms with Crippen LogP contribution in [0.3, 0.4) is 0 Å². The van der Waals surface area contributed by atoms with E-state index in [-0.39, 0.29) is 18.4 Å². The van der Waals surface area contributed by atoms with Crippen molar-refractivity contribution in [3.05, 3.63) is 34.3 Å². The number of hydrogen-bond donors (Lipinski definition) is 3. The summed E-state index contributed by atoms with van der Waals surface area (Å²) in [6.45, 7) is 1.85. The third-order valence-electron chi connectivity index (χ3n) is 2.97. The SMILES string of the molecule is C[C@@H](NC(=O)C[C@H]1NC(=O)NC1=O)c1cccc(Br)c1. The van der Waals surface area contributed by atoms with Crippen LogP contribution in [0.25, 0.3) is 0 Å². The predicted octanol–water partition coefficient (Wildman–Crippen LogP) is 1.22. The molecule has 4 amide bonds. The molecule has 0 unspecified atom stereocenters. The van der Waals surface area contributed by atoms with Crippen LogP contribution in [0.5, 0.6) is 0 Å². The topological polar surface area (TPSA) is 87.3 Å². The minimum absolute atomic E-state index is 0.0735. The number of amides is 4. The fourth-order valence-electron chi connectivity index (χ4n) is 1.95. The zero-order chi connectivity index (χ0) is 14.7. The van der Waals surface area contributed by atoms with Gasteiger partial charge in [-0.3, -0.25) is 14.9 Å². The van der Waals surface area contributed by atoms with Crippen molar-refractivity contribution in [2.75, 3.05) is 0 Å². The highest BCUT2D eigenvalue weighted by Crippen LogP contribution is 2.18. The summed E-state index contributed by atoms with van der Waals surface area (Å²) < 4.78 is 0.929. The summed E-state index contributed by atoms with van der Waals surface area (Å²) in [5.74, 6) is -0.764. The number of carbonyl (C=O) groups is 3. The van der Waals surface area contributed by atoms with Gasteiger partial charge in [-0.15, -0.1) is 0 Å². The van der Waals surface area contributed by atoms with Crippen molar-refractivity contribution in [2.24, 2.45) is 0 Å². The second kappa shape index (κ2) is 6.04. The van der Waals surface area contributed by atoms with E-state index in [1.54, 1.807) is 0 Å². The van der Waals surface area contributed by atoms with Crippen LogP contribution in [-0.2, 0) is 9.59 Å². The third-order valence-corrected chi connectivity index (χ3v) is 3.47. The largest absolute Gasteiger partial charge is 0.350 e. The fourth-order valence-corrected chi connectivity index (χ4v) is 2.36. The van der Waals surface area contributed by atoms with Gasteiger partial charge in [-0.25, -0.2) is 4.79 Å². The third kappa shape index (κ3) is 3.57. The summed E-state index contributed by atoms with van der Waals surface area (Å²) in [4.78, 5) is 34.2. The molecular weight excluding hydrogens is 326 g/mol. The van der Waals surface area contributed by atoms with Crippen LogP contribution >= 0.6 is 15.9 Å². The number of urea groups is 1. The number of benzene rings is 1. The molecule has 20 heavy (non-hydrogen) atoms. The molecular formula is C13H14BrN3O3. The molecule has 2 atom stereocenters. The summed E-state index contributed by atoms with van der Waals surface area (Å²) in [6.07, 6.45) is -0.0735. The first kappa shape index (κ1) is 14.5. The van der Waals surface area contributed by atoms with Crippen LogP contribution in [0.4, 0.5) is 4.79 Å². The maximum Gasteiger partial charge on any atom is 0.322 e. The predicted molar refractivity (Wildman–Crippen MR) is 75.8 cm³/mol. The summed E-state index contributed by atoms with van der Waals surface area (Å²) in [6, 6.07) is 6.06. The van der Waals surface area contributed by atoms with Crippen LogP contribution in [0.15, 0.2) is 28.7 Å². The van der Waals surface area contributed by atoms with Gasteiger partial charge in [-0.05, 0) is 24.6 Å². The van der Waals surface area contributed by atoms with Gasteiger partial charge < -0.3 is 10.6 Å². The van der Waals surface area contributed by atoms with Gasteiger partial charge in [0, 0.05) is 4.47 Å². The normalized spacial score (nSPS) is 19.2. The smallest absolute Gasteiger partial charge is 0.322 e. The molecule has 1 aliphatic heterocycles. The molecule has 2 rings (SSSR count). The first-order valence-corrected chi connectivity index (χ1v) is 6.91. The van der Waals surface area contributed by atoms with E-state index in [1.165, 1.54) is 0 Å². The zero-order valence-corrected chi connectivity index (χ0v) is 12.4. The van der Waals surface area contributed by atoms with E-state index in [4.69, 9.17) is 0 Å². The van der Waals surface area contributed by atoms with Crippen molar-refractivity contribution in [2.45, 2.75) is 25.4 Å². The molecule has 1 saturated heterocycles. The highest BCUT2D eigenvalue weighted by molar-refractivity contribution is 9.10. The van der Waals surface area contributed by atoms with Gasteiger partial charge in [0.25, 0.3) is 5.91 Å². The molecule has 0 spiro atoms. The Labute approximate surface area is 124 Å². The Balaban J connectivity index is 1.91. The number of imide groups is 1. The molecule has 1 aromatic carbocycles. The standard InChI is InChI=1S/C13H14BrN3O3/c1-7(8-3-2-4-9(14)5-8)15-11(18)6-10-12(19)17-13(20)16-10/h2-5,7,10H,6H2,1H3,(H,15,18)(H2,16,17,19,20)/t7-,10-/m1/s1. The van der Waals surface area contributed by atoms with Gasteiger partial charge in [-0.1, -0.05) is 28.1 Å². The molecule has 1 aliphatic rings. The Morgan fingerprint density at radius 3 is 2.80 bits per heavy atom. The van der Waals surface area contributed by atoms with Crippen molar-refractivity contribution < 1.29 is 14.4 Å². The highest BCUT2D eigenvalue weighted by atomic mass is 79.9. The van der Waals surface area contributed by atoms with Gasteiger partial charge in [0.1, 0.15) is 6.04 Å². The second-order valence-corrected chi connectivity index (χ2v) is 5.48. The Bertz CT molecular complexity index is 562. The molecule has 7 heteroatoms. The van der Waals surface area contributed by atoms with Gasteiger partial charge in [-0.2, -0.15) is 0 Å². The summed E-state index contributed by atoms with van der Waals surface area (Å²) in [5.41, 5.74) is 0.952. The Morgan fingerprint density at radius 1 is 1.45 bits per heavy atom. The van der Waals surface area contributed by atoms with Crippen molar-refractivity contribution in [3.8, 4) is 0 Å². The van der Waals surface area contributed by atoms with Crippen molar-refractivity contribution in [3.63, 3.8) is 0 Å². The molecule has 0 radical (unpaired) electrons. The van der Waals surface area contributed by atoms with Crippen molar-refractivity contribution >= 4 is 33.8 Å². The summed E-state index contributed by atoms with van der Waals surface area (Å²) in [7, 11) is 0. The van der Waals surface area contributed by atoms with E-state index < -0.39 is 18.0 Å². The Hall–Kier alpha value is -1.89. The quantitative estimate of drug-likeness (QED) is 0.721. The van der Waals surface area contributed by atoms with Gasteiger partial charge in [0.15, 0.2) is 0 Å². The van der Waals surface area contributed by atoms with Crippen LogP contribution in [-0.4, -0.2) is 23.9 Å². The van der Waals surface area contributed by atoms with Crippen LogP contribution in [0.1, 0.15) is 24.9 Å². The minimum atomic E-state index is -0.794. The van der Waals surface area contributed by atoms with E-state index >= 15 is 0 Å². The van der Waals surface area contributed by atoms with Crippen LogP contribution in [0, 0.1) is 0 Å².